The summed E-state index contributed by atoms with van der Waals surface area (Å²) >= 11 is 1.92. The van der Waals surface area contributed by atoms with E-state index in [0.717, 1.165) is 13.1 Å². The molecule has 2 nitrogen and oxygen atoms in total. The highest BCUT2D eigenvalue weighted by atomic mass is 32.1. The van der Waals surface area contributed by atoms with Gasteiger partial charge >= 0.3 is 0 Å². The van der Waals surface area contributed by atoms with Gasteiger partial charge in [-0.3, -0.25) is 0 Å². The summed E-state index contributed by atoms with van der Waals surface area (Å²) < 4.78 is 1.37. The zero-order valence-corrected chi connectivity index (χ0v) is 16.4. The first-order valence-corrected chi connectivity index (χ1v) is 10.6. The largest absolute Gasteiger partial charge is 0.370 e. The fourth-order valence-corrected chi connectivity index (χ4v) is 5.52. The zero-order valence-electron chi connectivity index (χ0n) is 15.6. The highest BCUT2D eigenvalue weighted by molar-refractivity contribution is 7.23. The van der Waals surface area contributed by atoms with E-state index in [1.54, 1.807) is 0 Å². The van der Waals surface area contributed by atoms with Crippen molar-refractivity contribution >= 4 is 37.9 Å². The molecule has 1 aliphatic rings. The molecular formula is C24H24N2S. The van der Waals surface area contributed by atoms with Crippen LogP contribution in [-0.2, 0) is 0 Å². The first-order valence-electron chi connectivity index (χ1n) is 9.75. The minimum absolute atomic E-state index is 0.600. The molecule has 0 radical (unpaired) electrons. The first-order chi connectivity index (χ1) is 13.3. The van der Waals surface area contributed by atoms with E-state index in [0.29, 0.717) is 6.04 Å². The number of thiophene rings is 1. The summed E-state index contributed by atoms with van der Waals surface area (Å²) in [5.74, 6) is 0. The molecule has 27 heavy (non-hydrogen) atoms. The fourth-order valence-electron chi connectivity index (χ4n) is 4.28. The number of piperidine rings is 1. The predicted octanol–water partition coefficient (Wildman–Crippen LogP) is 5.91. The second kappa shape index (κ2) is 6.99. The molecule has 1 aliphatic heterocycles. The molecular weight excluding hydrogens is 348 g/mol. The van der Waals surface area contributed by atoms with Crippen LogP contribution in [0.3, 0.4) is 0 Å². The molecule has 1 N–H and O–H groups in total. The predicted molar refractivity (Wildman–Crippen MR) is 119 cm³/mol. The third-order valence-corrected chi connectivity index (χ3v) is 7.00. The van der Waals surface area contributed by atoms with Gasteiger partial charge in [0, 0.05) is 23.2 Å². The molecule has 0 aliphatic carbocycles. The van der Waals surface area contributed by atoms with Gasteiger partial charge in [-0.1, -0.05) is 54.6 Å². The lowest BCUT2D eigenvalue weighted by molar-refractivity contribution is 0.444. The molecule has 0 bridgehead atoms. The number of fused-ring (bicyclic) bond motifs is 2. The average molecular weight is 373 g/mol. The van der Waals surface area contributed by atoms with Crippen molar-refractivity contribution in [3.63, 3.8) is 0 Å². The number of nitrogens with one attached hydrogen (secondary N) is 1. The van der Waals surface area contributed by atoms with Gasteiger partial charge in [0.1, 0.15) is 0 Å². The second-order valence-electron chi connectivity index (χ2n) is 7.43. The van der Waals surface area contributed by atoms with Gasteiger partial charge in [-0.15, -0.1) is 11.3 Å². The Bertz CT molecular complexity index is 1090. The van der Waals surface area contributed by atoms with E-state index < -0.39 is 0 Å². The molecule has 1 fully saturated rings. The summed E-state index contributed by atoms with van der Waals surface area (Å²) in [5.41, 5.74) is 2.73. The van der Waals surface area contributed by atoms with Crippen LogP contribution in [0.15, 0.2) is 66.7 Å². The van der Waals surface area contributed by atoms with Crippen molar-refractivity contribution in [1.29, 1.82) is 0 Å². The van der Waals surface area contributed by atoms with Crippen LogP contribution in [0.5, 0.6) is 0 Å². The van der Waals surface area contributed by atoms with Crippen LogP contribution in [0.4, 0.5) is 5.69 Å². The third-order valence-electron chi connectivity index (χ3n) is 5.79. The Balaban J connectivity index is 1.68. The maximum atomic E-state index is 3.49. The number of rotatable bonds is 3. The second-order valence-corrected chi connectivity index (χ2v) is 8.48. The van der Waals surface area contributed by atoms with E-state index in [9.17, 15) is 0 Å². The topological polar surface area (TPSA) is 15.3 Å². The lowest BCUT2D eigenvalue weighted by Gasteiger charge is -2.34. The lowest BCUT2D eigenvalue weighted by atomic mass is 10.0. The van der Waals surface area contributed by atoms with Crippen LogP contribution in [0.1, 0.15) is 12.8 Å². The first kappa shape index (κ1) is 16.8. The molecule has 0 unspecified atom stereocenters. The standard InChI is InChI=1S/C24H24N2S/c1-26(20-12-14-25-15-13-20)23-21-8-4-5-9-22(21)27-24(23)19-11-10-17-6-2-3-7-18(17)16-19/h2-11,16,20,25H,12-15H2,1H3. The van der Waals surface area contributed by atoms with Gasteiger partial charge in [-0.05, 0) is 54.4 Å². The summed E-state index contributed by atoms with van der Waals surface area (Å²) in [7, 11) is 2.29. The van der Waals surface area contributed by atoms with Gasteiger partial charge in [-0.2, -0.15) is 0 Å². The molecule has 0 spiro atoms. The van der Waals surface area contributed by atoms with Crippen molar-refractivity contribution in [2.75, 3.05) is 25.0 Å². The molecule has 136 valence electrons. The van der Waals surface area contributed by atoms with Crippen molar-refractivity contribution < 1.29 is 0 Å². The zero-order chi connectivity index (χ0) is 18.2. The number of hydrogen-bond donors (Lipinski definition) is 1. The molecule has 0 amide bonds. The monoisotopic (exact) mass is 372 g/mol. The summed E-state index contributed by atoms with van der Waals surface area (Å²) in [6, 6.07) is 25.0. The molecule has 0 saturated carbocycles. The van der Waals surface area contributed by atoms with Gasteiger partial charge in [0.2, 0.25) is 0 Å². The molecule has 5 rings (SSSR count). The minimum atomic E-state index is 0.600. The van der Waals surface area contributed by atoms with E-state index in [4.69, 9.17) is 0 Å². The summed E-state index contributed by atoms with van der Waals surface area (Å²) in [5, 5.41) is 7.49. The van der Waals surface area contributed by atoms with Gasteiger partial charge in [0.05, 0.1) is 10.6 Å². The summed E-state index contributed by atoms with van der Waals surface area (Å²) in [6.07, 6.45) is 2.41. The van der Waals surface area contributed by atoms with Crippen LogP contribution < -0.4 is 10.2 Å². The molecule has 1 aromatic heterocycles. The molecule has 2 heterocycles. The lowest BCUT2D eigenvalue weighted by Crippen LogP contribution is -2.41. The number of benzene rings is 3. The van der Waals surface area contributed by atoms with Crippen LogP contribution in [0, 0.1) is 0 Å². The minimum Gasteiger partial charge on any atom is -0.370 e. The van der Waals surface area contributed by atoms with Crippen molar-refractivity contribution in [3.05, 3.63) is 66.7 Å². The smallest absolute Gasteiger partial charge is 0.0635 e. The van der Waals surface area contributed by atoms with Crippen molar-refractivity contribution in [3.8, 4) is 10.4 Å². The highest BCUT2D eigenvalue weighted by Gasteiger charge is 2.24. The Morgan fingerprint density at radius 1 is 0.889 bits per heavy atom. The van der Waals surface area contributed by atoms with Gasteiger partial charge in [-0.25, -0.2) is 0 Å². The van der Waals surface area contributed by atoms with E-state index in [2.05, 4.69) is 84.0 Å². The van der Waals surface area contributed by atoms with E-state index in [-0.39, 0.29) is 0 Å². The van der Waals surface area contributed by atoms with E-state index in [1.165, 1.54) is 49.8 Å². The number of hydrogen-bond acceptors (Lipinski definition) is 3. The fraction of sp³-hybridized carbons (Fsp3) is 0.250. The van der Waals surface area contributed by atoms with Gasteiger partial charge in [0.15, 0.2) is 0 Å². The van der Waals surface area contributed by atoms with Gasteiger partial charge < -0.3 is 10.2 Å². The van der Waals surface area contributed by atoms with E-state index in [1.807, 2.05) is 11.3 Å². The Morgan fingerprint density at radius 3 is 2.48 bits per heavy atom. The van der Waals surface area contributed by atoms with Crippen LogP contribution >= 0.6 is 11.3 Å². The van der Waals surface area contributed by atoms with Crippen molar-refractivity contribution in [2.24, 2.45) is 0 Å². The summed E-state index contributed by atoms with van der Waals surface area (Å²) in [6.45, 7) is 2.23. The highest BCUT2D eigenvalue weighted by Crippen LogP contribution is 2.45. The maximum absolute atomic E-state index is 3.49. The average Bonchev–Trinajstić information content (AvgIpc) is 3.13. The molecule has 1 saturated heterocycles. The summed E-state index contributed by atoms with van der Waals surface area (Å²) in [4.78, 5) is 3.94. The Morgan fingerprint density at radius 2 is 1.63 bits per heavy atom. The Hall–Kier alpha value is -2.36. The maximum Gasteiger partial charge on any atom is 0.0635 e. The van der Waals surface area contributed by atoms with Crippen LogP contribution in [-0.4, -0.2) is 26.2 Å². The van der Waals surface area contributed by atoms with Crippen molar-refractivity contribution in [1.82, 2.24) is 5.32 Å². The molecule has 4 aromatic rings. The molecule has 3 aromatic carbocycles. The van der Waals surface area contributed by atoms with Gasteiger partial charge in [0.25, 0.3) is 0 Å². The third kappa shape index (κ3) is 3.01. The van der Waals surface area contributed by atoms with Crippen LogP contribution in [0.2, 0.25) is 0 Å². The number of anilines is 1. The molecule has 0 atom stereocenters. The Labute approximate surface area is 164 Å². The SMILES string of the molecule is CN(c1c(-c2ccc3ccccc3c2)sc2ccccc12)C1CCNCC1. The normalized spacial score (nSPS) is 15.4. The quantitative estimate of drug-likeness (QED) is 0.481. The number of nitrogens with zero attached hydrogens (tertiary/aromatic N) is 1. The van der Waals surface area contributed by atoms with Crippen LogP contribution in [0.25, 0.3) is 31.3 Å². The van der Waals surface area contributed by atoms with E-state index >= 15 is 0 Å². The molecule has 3 heteroatoms. The van der Waals surface area contributed by atoms with Crippen molar-refractivity contribution in [2.45, 2.75) is 18.9 Å². The Kier molecular flexibility index (Phi) is 4.35.